The summed E-state index contributed by atoms with van der Waals surface area (Å²) in [5.41, 5.74) is -0.939. The zero-order chi connectivity index (χ0) is 15.1. The van der Waals surface area contributed by atoms with Gasteiger partial charge in [0.15, 0.2) is 0 Å². The number of hydrogen-bond donors (Lipinski definition) is 1. The van der Waals surface area contributed by atoms with Gasteiger partial charge in [-0.15, -0.1) is 0 Å². The molecule has 0 saturated heterocycles. The maximum absolute atomic E-state index is 12.1. The Balaban J connectivity index is 4.61. The van der Waals surface area contributed by atoms with E-state index in [-0.39, 0.29) is 19.1 Å². The van der Waals surface area contributed by atoms with Gasteiger partial charge in [-0.25, -0.2) is 8.78 Å². The molecule has 0 rings (SSSR count). The molecule has 0 saturated carbocycles. The average molecular weight is 281 g/mol. The number of carbonyl (C=O) groups excluding carboxylic acids is 1. The molecule has 0 aromatic heterocycles. The van der Waals surface area contributed by atoms with Gasteiger partial charge in [-0.2, -0.15) is 0 Å². The monoisotopic (exact) mass is 281 g/mol. The van der Waals surface area contributed by atoms with Crippen molar-refractivity contribution in [1.82, 2.24) is 5.32 Å². The van der Waals surface area contributed by atoms with Crippen molar-refractivity contribution < 1.29 is 23.0 Å². The molecule has 0 amide bonds. The first kappa shape index (κ1) is 18.2. The zero-order valence-corrected chi connectivity index (χ0v) is 12.3. The minimum absolute atomic E-state index is 0.0664. The van der Waals surface area contributed by atoms with Gasteiger partial charge in [0.05, 0.1) is 12.7 Å². The number of rotatable bonds is 9. The van der Waals surface area contributed by atoms with E-state index in [1.807, 2.05) is 13.8 Å². The molecule has 0 spiro atoms. The normalized spacial score (nSPS) is 16.5. The number of carbonyl (C=O) groups is 1. The van der Waals surface area contributed by atoms with Crippen LogP contribution >= 0.6 is 0 Å². The summed E-state index contributed by atoms with van der Waals surface area (Å²) in [6, 6.07) is 0.0664. The van der Waals surface area contributed by atoms with Crippen molar-refractivity contribution in [2.75, 3.05) is 13.2 Å². The van der Waals surface area contributed by atoms with Crippen molar-refractivity contribution in [1.29, 1.82) is 0 Å². The lowest BCUT2D eigenvalue weighted by Crippen LogP contribution is -2.55. The van der Waals surface area contributed by atoms with Gasteiger partial charge in [0.1, 0.15) is 12.1 Å². The lowest BCUT2D eigenvalue weighted by Gasteiger charge is -2.32. The van der Waals surface area contributed by atoms with E-state index in [0.717, 1.165) is 0 Å². The highest BCUT2D eigenvalue weighted by molar-refractivity contribution is 5.80. The highest BCUT2D eigenvalue weighted by Gasteiger charge is 2.37. The second-order valence-electron chi connectivity index (χ2n) is 5.09. The third kappa shape index (κ3) is 7.42. The summed E-state index contributed by atoms with van der Waals surface area (Å²) >= 11 is 0. The van der Waals surface area contributed by atoms with Gasteiger partial charge in [0, 0.05) is 12.5 Å². The fourth-order valence-corrected chi connectivity index (χ4v) is 2.00. The molecule has 0 bridgehead atoms. The third-order valence-electron chi connectivity index (χ3n) is 2.54. The molecule has 0 aliphatic rings. The smallest absolute Gasteiger partial charge is 0.326 e. The maximum Gasteiger partial charge on any atom is 0.326 e. The third-order valence-corrected chi connectivity index (χ3v) is 2.54. The van der Waals surface area contributed by atoms with Crippen LogP contribution in [-0.4, -0.2) is 43.3 Å². The van der Waals surface area contributed by atoms with E-state index in [0.29, 0.717) is 0 Å². The second kappa shape index (κ2) is 8.43. The van der Waals surface area contributed by atoms with Gasteiger partial charge in [0.25, 0.3) is 6.43 Å². The van der Waals surface area contributed by atoms with Crippen molar-refractivity contribution >= 4 is 5.97 Å². The number of ether oxygens (including phenoxy) is 2. The molecule has 19 heavy (non-hydrogen) atoms. The number of alkyl halides is 2. The van der Waals surface area contributed by atoms with E-state index in [2.05, 4.69) is 5.32 Å². The molecule has 0 aliphatic heterocycles. The average Bonchev–Trinajstić information content (AvgIpc) is 2.25. The van der Waals surface area contributed by atoms with Crippen molar-refractivity contribution in [3.63, 3.8) is 0 Å². The van der Waals surface area contributed by atoms with E-state index in [1.165, 1.54) is 0 Å². The second-order valence-corrected chi connectivity index (χ2v) is 5.09. The van der Waals surface area contributed by atoms with Crippen molar-refractivity contribution in [2.45, 2.75) is 65.1 Å². The first-order chi connectivity index (χ1) is 8.71. The summed E-state index contributed by atoms with van der Waals surface area (Å²) in [5.74, 6) is -0.392. The largest absolute Gasteiger partial charge is 0.465 e. The fourth-order valence-electron chi connectivity index (χ4n) is 2.00. The molecular formula is C13H25F2NO3. The van der Waals surface area contributed by atoms with Gasteiger partial charge in [-0.05, 0) is 34.6 Å². The Morgan fingerprint density at radius 3 is 2.32 bits per heavy atom. The van der Waals surface area contributed by atoms with Crippen LogP contribution in [0.3, 0.4) is 0 Å². The first-order valence-corrected chi connectivity index (χ1v) is 6.56. The lowest BCUT2D eigenvalue weighted by atomic mass is 9.93. The minimum atomic E-state index is -2.51. The van der Waals surface area contributed by atoms with Gasteiger partial charge < -0.3 is 9.47 Å². The molecule has 1 N–H and O–H groups in total. The molecule has 4 nitrogen and oxygen atoms in total. The van der Waals surface area contributed by atoms with E-state index in [9.17, 15) is 13.6 Å². The SMILES string of the molecule is CCOC(=O)C(C)(CC(C)OCC(F)F)NC(C)C. The van der Waals surface area contributed by atoms with Crippen LogP contribution in [0.2, 0.25) is 0 Å². The summed E-state index contributed by atoms with van der Waals surface area (Å²) in [6.07, 6.45) is -2.69. The maximum atomic E-state index is 12.1. The summed E-state index contributed by atoms with van der Waals surface area (Å²) in [4.78, 5) is 12.0. The van der Waals surface area contributed by atoms with Crippen LogP contribution in [0.15, 0.2) is 0 Å². The molecule has 0 aromatic carbocycles. The topological polar surface area (TPSA) is 47.6 Å². The lowest BCUT2D eigenvalue weighted by molar-refractivity contribution is -0.153. The molecule has 6 heteroatoms. The standard InChI is InChI=1S/C13H25F2NO3/c1-6-18-12(17)13(5,16-9(2)3)7-10(4)19-8-11(14)15/h9-11,16H,6-8H2,1-5H3. The number of halogens is 2. The van der Waals surface area contributed by atoms with Crippen molar-refractivity contribution in [3.8, 4) is 0 Å². The molecule has 0 radical (unpaired) electrons. The Morgan fingerprint density at radius 2 is 1.89 bits per heavy atom. The van der Waals surface area contributed by atoms with Crippen LogP contribution in [0.4, 0.5) is 8.78 Å². The molecule has 2 atom stereocenters. The predicted molar refractivity (Wildman–Crippen MR) is 69.3 cm³/mol. The predicted octanol–water partition coefficient (Wildman–Crippen LogP) is 2.37. The summed E-state index contributed by atoms with van der Waals surface area (Å²) in [7, 11) is 0. The van der Waals surface area contributed by atoms with Crippen LogP contribution in [0.1, 0.15) is 41.0 Å². The van der Waals surface area contributed by atoms with Gasteiger partial charge in [-0.3, -0.25) is 10.1 Å². The van der Waals surface area contributed by atoms with E-state index in [4.69, 9.17) is 9.47 Å². The van der Waals surface area contributed by atoms with Gasteiger partial charge >= 0.3 is 5.97 Å². The highest BCUT2D eigenvalue weighted by Crippen LogP contribution is 2.18. The van der Waals surface area contributed by atoms with Gasteiger partial charge in [-0.1, -0.05) is 0 Å². The fraction of sp³-hybridized carbons (Fsp3) is 0.923. The summed E-state index contributed by atoms with van der Waals surface area (Å²) in [5, 5.41) is 3.12. The van der Waals surface area contributed by atoms with Crippen LogP contribution in [0.25, 0.3) is 0 Å². The molecule has 0 aliphatic carbocycles. The molecule has 2 unspecified atom stereocenters. The molecule has 0 fully saturated rings. The van der Waals surface area contributed by atoms with Crippen molar-refractivity contribution in [2.24, 2.45) is 0 Å². The quantitative estimate of drug-likeness (QED) is 0.659. The van der Waals surface area contributed by atoms with Crippen LogP contribution in [-0.2, 0) is 14.3 Å². The van der Waals surface area contributed by atoms with Gasteiger partial charge in [0.2, 0.25) is 0 Å². The van der Waals surface area contributed by atoms with Crippen LogP contribution in [0, 0.1) is 0 Å². The molecule has 0 heterocycles. The van der Waals surface area contributed by atoms with Crippen LogP contribution < -0.4 is 5.32 Å². The Kier molecular flexibility index (Phi) is 8.09. The number of esters is 1. The highest BCUT2D eigenvalue weighted by atomic mass is 19.3. The van der Waals surface area contributed by atoms with E-state index >= 15 is 0 Å². The first-order valence-electron chi connectivity index (χ1n) is 6.56. The van der Waals surface area contributed by atoms with E-state index in [1.54, 1.807) is 20.8 Å². The van der Waals surface area contributed by atoms with Crippen LogP contribution in [0.5, 0.6) is 0 Å². The Morgan fingerprint density at radius 1 is 1.32 bits per heavy atom. The molecule has 0 aromatic rings. The Hall–Kier alpha value is -0.750. The molecule has 114 valence electrons. The summed E-state index contributed by atoms with van der Waals surface area (Å²) < 4.78 is 34.2. The number of hydrogen-bond acceptors (Lipinski definition) is 4. The molecular weight excluding hydrogens is 256 g/mol. The Labute approximate surface area is 113 Å². The summed E-state index contributed by atoms with van der Waals surface area (Å²) in [6.45, 7) is 8.56. The zero-order valence-electron chi connectivity index (χ0n) is 12.3. The van der Waals surface area contributed by atoms with E-state index < -0.39 is 30.6 Å². The minimum Gasteiger partial charge on any atom is -0.465 e. The Bertz CT molecular complexity index is 275. The van der Waals surface area contributed by atoms with Crippen molar-refractivity contribution in [3.05, 3.63) is 0 Å². The number of nitrogens with one attached hydrogen (secondary N) is 1.